The fourth-order valence-electron chi connectivity index (χ4n) is 3.60. The first-order valence-corrected chi connectivity index (χ1v) is 9.13. The lowest BCUT2D eigenvalue weighted by Crippen LogP contribution is -2.38. The van der Waals surface area contributed by atoms with Gasteiger partial charge in [-0.25, -0.2) is 0 Å². The summed E-state index contributed by atoms with van der Waals surface area (Å²) in [5.41, 5.74) is 10.3. The summed E-state index contributed by atoms with van der Waals surface area (Å²) in [5, 5.41) is 0. The zero-order valence-corrected chi connectivity index (χ0v) is 17.3. The van der Waals surface area contributed by atoms with Crippen molar-refractivity contribution in [1.82, 2.24) is 4.90 Å². The molecule has 0 aliphatic carbocycles. The van der Waals surface area contributed by atoms with E-state index in [-0.39, 0.29) is 37.7 Å². The van der Waals surface area contributed by atoms with E-state index in [2.05, 4.69) is 35.2 Å². The van der Waals surface area contributed by atoms with Gasteiger partial charge in [0, 0.05) is 6.54 Å². The lowest BCUT2D eigenvalue weighted by Gasteiger charge is -2.32. The number of benzene rings is 2. The molecular formula is C21H27Cl2F3N2. The summed E-state index contributed by atoms with van der Waals surface area (Å²) in [5.74, 6) is -1.14. The van der Waals surface area contributed by atoms with Gasteiger partial charge in [0.2, 0.25) is 0 Å². The molecule has 2 nitrogen and oxygen atoms in total. The van der Waals surface area contributed by atoms with Crippen LogP contribution in [0.15, 0.2) is 48.5 Å². The number of likely N-dealkylation sites (tertiary alicyclic amines) is 1. The number of piperidine rings is 1. The Kier molecular flexibility index (Phi) is 9.78. The van der Waals surface area contributed by atoms with Gasteiger partial charge in [-0.2, -0.15) is 13.2 Å². The van der Waals surface area contributed by atoms with Gasteiger partial charge in [0.25, 0.3) is 0 Å². The van der Waals surface area contributed by atoms with E-state index >= 15 is 0 Å². The number of hydrogen-bond acceptors (Lipinski definition) is 2. The van der Waals surface area contributed by atoms with Crippen molar-refractivity contribution in [1.29, 1.82) is 0 Å². The monoisotopic (exact) mass is 434 g/mol. The van der Waals surface area contributed by atoms with E-state index in [9.17, 15) is 13.2 Å². The normalized spacial score (nSPS) is 15.6. The zero-order valence-electron chi connectivity index (χ0n) is 15.6. The molecule has 2 aromatic rings. The fourth-order valence-corrected chi connectivity index (χ4v) is 3.60. The maximum Gasteiger partial charge on any atom is 0.391 e. The lowest BCUT2D eigenvalue weighted by molar-refractivity contribution is -0.185. The molecule has 156 valence electrons. The van der Waals surface area contributed by atoms with Crippen LogP contribution in [-0.4, -0.2) is 30.7 Å². The average Bonchev–Trinajstić information content (AvgIpc) is 2.62. The molecule has 0 spiro atoms. The maximum absolute atomic E-state index is 12.8. The van der Waals surface area contributed by atoms with E-state index in [1.807, 2.05) is 18.2 Å². The van der Waals surface area contributed by atoms with Crippen LogP contribution in [0, 0.1) is 5.92 Å². The molecule has 2 aromatic carbocycles. The van der Waals surface area contributed by atoms with Crippen molar-refractivity contribution in [3.8, 4) is 11.1 Å². The van der Waals surface area contributed by atoms with Crippen molar-refractivity contribution < 1.29 is 13.2 Å². The molecule has 0 saturated carbocycles. The molecule has 1 aliphatic heterocycles. The second-order valence-corrected chi connectivity index (χ2v) is 7.03. The van der Waals surface area contributed by atoms with Crippen molar-refractivity contribution in [2.24, 2.45) is 11.7 Å². The zero-order chi connectivity index (χ0) is 18.6. The molecule has 7 heteroatoms. The van der Waals surface area contributed by atoms with Crippen molar-refractivity contribution >= 4 is 24.8 Å². The quantitative estimate of drug-likeness (QED) is 0.675. The first-order chi connectivity index (χ1) is 12.5. The smallest absolute Gasteiger partial charge is 0.330 e. The van der Waals surface area contributed by atoms with Crippen molar-refractivity contribution in [3.63, 3.8) is 0 Å². The number of alkyl halides is 3. The molecule has 3 rings (SSSR count). The van der Waals surface area contributed by atoms with Crippen LogP contribution in [0.4, 0.5) is 13.2 Å². The van der Waals surface area contributed by atoms with Gasteiger partial charge >= 0.3 is 6.18 Å². The Morgan fingerprint density at radius 1 is 0.893 bits per heavy atom. The van der Waals surface area contributed by atoms with Gasteiger partial charge in [-0.15, -0.1) is 24.8 Å². The number of nitrogens with zero attached hydrogens (tertiary/aromatic N) is 1. The predicted molar refractivity (Wildman–Crippen MR) is 113 cm³/mol. The lowest BCUT2D eigenvalue weighted by atomic mass is 9.95. The van der Waals surface area contributed by atoms with E-state index in [0.29, 0.717) is 26.2 Å². The topological polar surface area (TPSA) is 29.3 Å². The number of hydrogen-bond donors (Lipinski definition) is 1. The van der Waals surface area contributed by atoms with E-state index < -0.39 is 12.1 Å². The Balaban J connectivity index is 0.00000196. The predicted octanol–water partition coefficient (Wildman–Crippen LogP) is 5.47. The summed E-state index contributed by atoms with van der Waals surface area (Å²) in [6.07, 6.45) is -2.81. The highest BCUT2D eigenvalue weighted by Crippen LogP contribution is 2.34. The van der Waals surface area contributed by atoms with Gasteiger partial charge < -0.3 is 5.73 Å². The van der Waals surface area contributed by atoms with Gasteiger partial charge in [-0.3, -0.25) is 4.90 Å². The molecule has 0 aromatic heterocycles. The average molecular weight is 435 g/mol. The van der Waals surface area contributed by atoms with Crippen LogP contribution in [0.25, 0.3) is 11.1 Å². The Bertz CT molecular complexity index is 730. The molecule has 1 fully saturated rings. The van der Waals surface area contributed by atoms with Gasteiger partial charge in [-0.05, 0) is 67.2 Å². The number of rotatable bonds is 5. The third-order valence-electron chi connectivity index (χ3n) is 5.08. The minimum Gasteiger partial charge on any atom is -0.330 e. The fraction of sp³-hybridized carbons (Fsp3) is 0.429. The Morgan fingerprint density at radius 2 is 1.43 bits per heavy atom. The van der Waals surface area contributed by atoms with Crippen LogP contribution in [-0.2, 0) is 13.0 Å². The highest BCUT2D eigenvalue weighted by molar-refractivity contribution is 5.85. The highest BCUT2D eigenvalue weighted by Gasteiger charge is 2.40. The number of halogens is 5. The molecule has 28 heavy (non-hydrogen) atoms. The molecule has 0 radical (unpaired) electrons. The molecule has 2 N–H and O–H groups in total. The molecule has 0 bridgehead atoms. The van der Waals surface area contributed by atoms with Gasteiger partial charge in [0.15, 0.2) is 0 Å². The summed E-state index contributed by atoms with van der Waals surface area (Å²) in [4.78, 5) is 2.12. The van der Waals surface area contributed by atoms with Crippen molar-refractivity contribution in [3.05, 3.63) is 59.7 Å². The third-order valence-corrected chi connectivity index (χ3v) is 5.08. The Labute approximate surface area is 177 Å². The van der Waals surface area contributed by atoms with Crippen LogP contribution < -0.4 is 5.73 Å². The van der Waals surface area contributed by atoms with Crippen molar-refractivity contribution in [2.75, 3.05) is 19.6 Å². The summed E-state index contributed by atoms with van der Waals surface area (Å²) in [7, 11) is 0. The van der Waals surface area contributed by atoms with Gasteiger partial charge in [0.05, 0.1) is 5.92 Å². The maximum atomic E-state index is 12.8. The molecule has 1 heterocycles. The van der Waals surface area contributed by atoms with Crippen LogP contribution in [0.2, 0.25) is 0 Å². The molecular weight excluding hydrogens is 408 g/mol. The van der Waals surface area contributed by atoms with Crippen LogP contribution in [0.1, 0.15) is 24.0 Å². The Morgan fingerprint density at radius 3 is 1.96 bits per heavy atom. The second kappa shape index (κ2) is 11.1. The molecule has 1 aliphatic rings. The Hall–Kier alpha value is -1.27. The van der Waals surface area contributed by atoms with Crippen molar-refractivity contribution in [2.45, 2.75) is 32.0 Å². The minimum absolute atomic E-state index is 0. The molecule has 0 amide bonds. The minimum atomic E-state index is -4.06. The number of nitrogens with two attached hydrogens (primary N) is 1. The molecule has 1 saturated heterocycles. The standard InChI is InChI=1S/C21H25F3N2.2ClH/c22-21(23,24)20-8-11-26(12-9-20)15-17-4-2-6-19(14-17)18-5-1-3-16(13-18)7-10-25;;/h1-6,13-14,20H,7-12,15,25H2;2*1H. The third kappa shape index (κ3) is 6.66. The van der Waals surface area contributed by atoms with E-state index in [4.69, 9.17) is 5.73 Å². The van der Waals surface area contributed by atoms with Gasteiger partial charge in [0.1, 0.15) is 0 Å². The molecule has 0 unspecified atom stereocenters. The van der Waals surface area contributed by atoms with Crippen LogP contribution in [0.3, 0.4) is 0 Å². The molecule has 0 atom stereocenters. The SMILES string of the molecule is Cl.Cl.NCCc1cccc(-c2cccc(CN3CCC(C(F)(F)F)CC3)c2)c1. The van der Waals surface area contributed by atoms with Gasteiger partial charge in [-0.1, -0.05) is 42.5 Å². The van der Waals surface area contributed by atoms with E-state index in [1.165, 1.54) is 5.56 Å². The summed E-state index contributed by atoms with van der Waals surface area (Å²) in [6.45, 7) is 2.32. The second-order valence-electron chi connectivity index (χ2n) is 7.03. The highest BCUT2D eigenvalue weighted by atomic mass is 35.5. The van der Waals surface area contributed by atoms with E-state index in [1.54, 1.807) is 0 Å². The summed E-state index contributed by atoms with van der Waals surface area (Å²) < 4.78 is 38.4. The largest absolute Gasteiger partial charge is 0.391 e. The van der Waals surface area contributed by atoms with Crippen LogP contribution in [0.5, 0.6) is 0 Å². The first kappa shape index (κ1) is 24.8. The summed E-state index contributed by atoms with van der Waals surface area (Å²) >= 11 is 0. The summed E-state index contributed by atoms with van der Waals surface area (Å²) in [6, 6.07) is 16.6. The first-order valence-electron chi connectivity index (χ1n) is 9.13. The van der Waals surface area contributed by atoms with E-state index in [0.717, 1.165) is 23.1 Å². The van der Waals surface area contributed by atoms with Crippen LogP contribution >= 0.6 is 24.8 Å².